The quantitative estimate of drug-likeness (QED) is 0.887. The van der Waals surface area contributed by atoms with Gasteiger partial charge in [0.15, 0.2) is 0 Å². The van der Waals surface area contributed by atoms with Crippen LogP contribution in [-0.4, -0.2) is 31.5 Å². The van der Waals surface area contributed by atoms with Gasteiger partial charge in [-0.05, 0) is 43.8 Å². The zero-order valence-electron chi connectivity index (χ0n) is 13.5. The number of hydrogen-bond acceptors (Lipinski definition) is 3. The first-order chi connectivity index (χ1) is 11.0. The zero-order valence-corrected chi connectivity index (χ0v) is 13.5. The van der Waals surface area contributed by atoms with Crippen LogP contribution >= 0.6 is 0 Å². The number of carbonyl (C=O) groups is 1. The van der Waals surface area contributed by atoms with E-state index >= 15 is 0 Å². The van der Waals surface area contributed by atoms with Crippen LogP contribution in [0.3, 0.4) is 0 Å². The fraction of sp³-hybridized carbons (Fsp3) is 0.278. The molecule has 4 nitrogen and oxygen atoms in total. The van der Waals surface area contributed by atoms with Gasteiger partial charge in [0, 0.05) is 17.8 Å². The molecule has 2 aromatic rings. The molecule has 0 radical (unpaired) electrons. The van der Waals surface area contributed by atoms with Crippen molar-refractivity contribution in [1.82, 2.24) is 4.90 Å². The zero-order chi connectivity index (χ0) is 16.8. The molecule has 5 heteroatoms. The molecule has 0 aliphatic carbocycles. The van der Waals surface area contributed by atoms with E-state index in [2.05, 4.69) is 5.32 Å². The van der Waals surface area contributed by atoms with Gasteiger partial charge in [-0.1, -0.05) is 18.2 Å². The molecule has 0 saturated heterocycles. The smallest absolute Gasteiger partial charge is 0.238 e. The van der Waals surface area contributed by atoms with Gasteiger partial charge in [0.25, 0.3) is 0 Å². The summed E-state index contributed by atoms with van der Waals surface area (Å²) in [4.78, 5) is 14.1. The Morgan fingerprint density at radius 2 is 1.96 bits per heavy atom. The molecular formula is C18H21FN2O2. The Kier molecular flexibility index (Phi) is 5.71. The monoisotopic (exact) mass is 316 g/mol. The standard InChI is InChI=1S/C18H21FN2O2/c1-13(14-7-9-15(19)10-8-14)21(2)12-18(22)20-16-5-4-6-17(11-16)23-3/h4-11,13H,12H2,1-3H3,(H,20,22)/t13-/m0/s1. The minimum Gasteiger partial charge on any atom is -0.497 e. The summed E-state index contributed by atoms with van der Waals surface area (Å²) in [6.07, 6.45) is 0. The van der Waals surface area contributed by atoms with Crippen LogP contribution in [0.15, 0.2) is 48.5 Å². The molecule has 1 N–H and O–H groups in total. The second kappa shape index (κ2) is 7.74. The molecule has 23 heavy (non-hydrogen) atoms. The van der Waals surface area contributed by atoms with Crippen LogP contribution in [0.25, 0.3) is 0 Å². The molecule has 122 valence electrons. The summed E-state index contributed by atoms with van der Waals surface area (Å²) in [5.41, 5.74) is 1.65. The summed E-state index contributed by atoms with van der Waals surface area (Å²) in [7, 11) is 3.44. The molecule has 0 spiro atoms. The number of hydrogen-bond donors (Lipinski definition) is 1. The maximum atomic E-state index is 13.0. The van der Waals surface area contributed by atoms with Crippen LogP contribution in [0.1, 0.15) is 18.5 Å². The first kappa shape index (κ1) is 17.0. The summed E-state index contributed by atoms with van der Waals surface area (Å²) in [5, 5.41) is 2.84. The molecule has 0 unspecified atom stereocenters. The molecule has 2 aromatic carbocycles. The lowest BCUT2D eigenvalue weighted by Gasteiger charge is -2.24. The Balaban J connectivity index is 1.94. The van der Waals surface area contributed by atoms with E-state index in [0.717, 1.165) is 5.56 Å². The number of nitrogens with zero attached hydrogens (tertiary/aromatic N) is 1. The summed E-state index contributed by atoms with van der Waals surface area (Å²) in [6.45, 7) is 2.21. The van der Waals surface area contributed by atoms with E-state index in [1.807, 2.05) is 37.1 Å². The lowest BCUT2D eigenvalue weighted by atomic mass is 10.1. The highest BCUT2D eigenvalue weighted by molar-refractivity contribution is 5.92. The fourth-order valence-electron chi connectivity index (χ4n) is 2.26. The predicted octanol–water partition coefficient (Wildman–Crippen LogP) is 3.47. The van der Waals surface area contributed by atoms with Crippen molar-refractivity contribution in [2.45, 2.75) is 13.0 Å². The Hall–Kier alpha value is -2.40. The lowest BCUT2D eigenvalue weighted by molar-refractivity contribution is -0.117. The topological polar surface area (TPSA) is 41.6 Å². The van der Waals surface area contributed by atoms with E-state index in [1.165, 1.54) is 12.1 Å². The summed E-state index contributed by atoms with van der Waals surface area (Å²) < 4.78 is 18.1. The number of methoxy groups -OCH3 is 1. The molecule has 0 bridgehead atoms. The predicted molar refractivity (Wildman–Crippen MR) is 89.1 cm³/mol. The Morgan fingerprint density at radius 1 is 1.26 bits per heavy atom. The van der Waals surface area contributed by atoms with Crippen LogP contribution in [0.2, 0.25) is 0 Å². The third-order valence-electron chi connectivity index (χ3n) is 3.76. The highest BCUT2D eigenvalue weighted by Gasteiger charge is 2.15. The van der Waals surface area contributed by atoms with Crippen molar-refractivity contribution in [3.05, 3.63) is 59.9 Å². The molecule has 0 aliphatic heterocycles. The average Bonchev–Trinajstić information content (AvgIpc) is 2.54. The number of benzene rings is 2. The molecule has 2 rings (SSSR count). The Morgan fingerprint density at radius 3 is 2.61 bits per heavy atom. The minimum atomic E-state index is -0.264. The van der Waals surface area contributed by atoms with Gasteiger partial charge in [0.05, 0.1) is 13.7 Å². The number of amides is 1. The van der Waals surface area contributed by atoms with Gasteiger partial charge in [-0.2, -0.15) is 0 Å². The highest BCUT2D eigenvalue weighted by Crippen LogP contribution is 2.20. The molecule has 0 saturated carbocycles. The number of rotatable bonds is 6. The van der Waals surface area contributed by atoms with E-state index in [1.54, 1.807) is 25.3 Å². The van der Waals surface area contributed by atoms with Crippen molar-refractivity contribution < 1.29 is 13.9 Å². The van der Waals surface area contributed by atoms with Crippen molar-refractivity contribution in [3.63, 3.8) is 0 Å². The van der Waals surface area contributed by atoms with Crippen LogP contribution in [0.5, 0.6) is 5.75 Å². The average molecular weight is 316 g/mol. The van der Waals surface area contributed by atoms with Crippen molar-refractivity contribution in [1.29, 1.82) is 0 Å². The van der Waals surface area contributed by atoms with Crippen molar-refractivity contribution in [3.8, 4) is 5.75 Å². The molecule has 0 fully saturated rings. The van der Waals surface area contributed by atoms with Gasteiger partial charge in [0.1, 0.15) is 11.6 Å². The molecular weight excluding hydrogens is 295 g/mol. The van der Waals surface area contributed by atoms with Crippen LogP contribution < -0.4 is 10.1 Å². The van der Waals surface area contributed by atoms with Gasteiger partial charge in [-0.3, -0.25) is 9.69 Å². The van der Waals surface area contributed by atoms with Crippen LogP contribution in [0, 0.1) is 5.82 Å². The van der Waals surface area contributed by atoms with Gasteiger partial charge in [0.2, 0.25) is 5.91 Å². The first-order valence-electron chi connectivity index (χ1n) is 7.39. The number of nitrogens with one attached hydrogen (secondary N) is 1. The van der Waals surface area contributed by atoms with E-state index in [-0.39, 0.29) is 24.3 Å². The maximum absolute atomic E-state index is 13.0. The third kappa shape index (κ3) is 4.79. The van der Waals surface area contributed by atoms with Gasteiger partial charge >= 0.3 is 0 Å². The van der Waals surface area contributed by atoms with E-state index in [9.17, 15) is 9.18 Å². The molecule has 1 atom stereocenters. The molecule has 0 aromatic heterocycles. The Bertz CT molecular complexity index is 658. The lowest BCUT2D eigenvalue weighted by Crippen LogP contribution is -2.32. The van der Waals surface area contributed by atoms with Crippen molar-refractivity contribution in [2.24, 2.45) is 0 Å². The Labute approximate surface area is 135 Å². The van der Waals surface area contributed by atoms with Crippen molar-refractivity contribution >= 4 is 11.6 Å². The summed E-state index contributed by atoms with van der Waals surface area (Å²) >= 11 is 0. The SMILES string of the molecule is COc1cccc(NC(=O)CN(C)[C@@H](C)c2ccc(F)cc2)c1. The number of carbonyl (C=O) groups excluding carboxylic acids is 1. The van der Waals surface area contributed by atoms with Gasteiger partial charge < -0.3 is 10.1 Å². The summed E-state index contributed by atoms with van der Waals surface area (Å²) in [5.74, 6) is 0.310. The number of likely N-dealkylation sites (N-methyl/N-ethyl adjacent to an activating group) is 1. The van der Waals surface area contributed by atoms with E-state index in [4.69, 9.17) is 4.74 Å². The fourth-order valence-corrected chi connectivity index (χ4v) is 2.26. The second-order valence-electron chi connectivity index (χ2n) is 5.42. The molecule has 0 aliphatic rings. The largest absolute Gasteiger partial charge is 0.497 e. The number of anilines is 1. The van der Waals surface area contributed by atoms with E-state index in [0.29, 0.717) is 11.4 Å². The molecule has 1 amide bonds. The van der Waals surface area contributed by atoms with Gasteiger partial charge in [-0.15, -0.1) is 0 Å². The first-order valence-corrected chi connectivity index (χ1v) is 7.39. The third-order valence-corrected chi connectivity index (χ3v) is 3.76. The summed E-state index contributed by atoms with van der Waals surface area (Å²) in [6, 6.07) is 13.5. The minimum absolute atomic E-state index is 0.00617. The molecule has 0 heterocycles. The second-order valence-corrected chi connectivity index (χ2v) is 5.42. The number of ether oxygens (including phenoxy) is 1. The maximum Gasteiger partial charge on any atom is 0.238 e. The number of halogens is 1. The van der Waals surface area contributed by atoms with Crippen LogP contribution in [0.4, 0.5) is 10.1 Å². The normalized spacial score (nSPS) is 12.0. The van der Waals surface area contributed by atoms with Gasteiger partial charge in [-0.25, -0.2) is 4.39 Å². The van der Waals surface area contributed by atoms with E-state index < -0.39 is 0 Å². The van der Waals surface area contributed by atoms with Crippen LogP contribution in [-0.2, 0) is 4.79 Å². The van der Waals surface area contributed by atoms with Crippen molar-refractivity contribution in [2.75, 3.05) is 26.0 Å². The highest BCUT2D eigenvalue weighted by atomic mass is 19.1.